The molecule has 2 aromatic heterocycles. The highest BCUT2D eigenvalue weighted by Gasteiger charge is 2.22. The van der Waals surface area contributed by atoms with Crippen molar-refractivity contribution in [2.75, 3.05) is 12.0 Å². The third kappa shape index (κ3) is 3.19. The molecule has 2 aromatic carbocycles. The first-order valence-electron chi connectivity index (χ1n) is 8.03. The summed E-state index contributed by atoms with van der Waals surface area (Å²) in [4.78, 5) is 8.37. The Kier molecular flexibility index (Phi) is 4.49. The van der Waals surface area contributed by atoms with E-state index in [0.29, 0.717) is 32.4 Å². The number of sulfone groups is 1. The van der Waals surface area contributed by atoms with Crippen molar-refractivity contribution in [3.63, 3.8) is 0 Å². The lowest BCUT2D eigenvalue weighted by atomic mass is 10.1. The molecule has 2 heterocycles. The Morgan fingerprint density at radius 2 is 1.71 bits per heavy atom. The monoisotopic (exact) mass is 433 g/mol. The van der Waals surface area contributed by atoms with Gasteiger partial charge in [0.05, 0.1) is 26.8 Å². The zero-order chi connectivity index (χ0) is 20.1. The number of nitrogens with zero attached hydrogens (tertiary/aromatic N) is 4. The fourth-order valence-corrected chi connectivity index (χ4v) is 3.58. The minimum absolute atomic E-state index is 0.165. The lowest BCUT2D eigenvalue weighted by Gasteiger charge is -2.07. The van der Waals surface area contributed by atoms with Crippen LogP contribution in [0.4, 0.5) is 5.82 Å². The van der Waals surface area contributed by atoms with E-state index in [-0.39, 0.29) is 16.6 Å². The molecule has 0 spiro atoms. The molecule has 0 saturated heterocycles. The molecule has 0 bridgehead atoms. The third-order valence-corrected chi connectivity index (χ3v) is 5.66. The van der Waals surface area contributed by atoms with Crippen LogP contribution < -0.4 is 5.73 Å². The van der Waals surface area contributed by atoms with E-state index in [0.717, 1.165) is 6.26 Å². The van der Waals surface area contributed by atoms with Crippen LogP contribution in [0.3, 0.4) is 0 Å². The molecule has 2 N–H and O–H groups in total. The molecule has 0 radical (unpaired) electrons. The first-order chi connectivity index (χ1) is 13.3. The van der Waals surface area contributed by atoms with Gasteiger partial charge in [0, 0.05) is 11.8 Å². The Balaban J connectivity index is 2.07. The van der Waals surface area contributed by atoms with Crippen molar-refractivity contribution in [2.24, 2.45) is 0 Å². The SMILES string of the molecule is CS(=O)(=O)c1nc(-c2ccccc2)c2c(N)n(-c3ccc(Cl)c(Cl)c3)nc2n1. The summed E-state index contributed by atoms with van der Waals surface area (Å²) in [6.07, 6.45) is 1.04. The second kappa shape index (κ2) is 6.73. The molecule has 0 unspecified atom stereocenters. The van der Waals surface area contributed by atoms with E-state index in [1.54, 1.807) is 18.2 Å². The van der Waals surface area contributed by atoms with Crippen LogP contribution in [0.25, 0.3) is 28.0 Å². The van der Waals surface area contributed by atoms with Crippen LogP contribution in [0.15, 0.2) is 53.7 Å². The van der Waals surface area contributed by atoms with Crippen molar-refractivity contribution in [2.45, 2.75) is 5.16 Å². The van der Waals surface area contributed by atoms with Crippen molar-refractivity contribution in [1.29, 1.82) is 0 Å². The van der Waals surface area contributed by atoms with Gasteiger partial charge in [-0.05, 0) is 18.2 Å². The highest BCUT2D eigenvalue weighted by molar-refractivity contribution is 7.90. The Bertz CT molecular complexity index is 1320. The van der Waals surface area contributed by atoms with Gasteiger partial charge >= 0.3 is 0 Å². The summed E-state index contributed by atoms with van der Waals surface area (Å²) in [6.45, 7) is 0. The Labute approximate surface area is 170 Å². The molecule has 0 saturated carbocycles. The maximum absolute atomic E-state index is 12.1. The van der Waals surface area contributed by atoms with Crippen molar-refractivity contribution in [3.8, 4) is 16.9 Å². The molecule has 4 aromatic rings. The van der Waals surface area contributed by atoms with Crippen LogP contribution in [-0.2, 0) is 9.84 Å². The summed E-state index contributed by atoms with van der Waals surface area (Å²) in [7, 11) is -3.66. The van der Waals surface area contributed by atoms with Crippen LogP contribution in [0, 0.1) is 0 Å². The Morgan fingerprint density at radius 1 is 1.00 bits per heavy atom. The molecule has 0 aliphatic heterocycles. The molecular weight excluding hydrogens is 421 g/mol. The van der Waals surface area contributed by atoms with Gasteiger partial charge in [0.25, 0.3) is 0 Å². The minimum atomic E-state index is -3.66. The fraction of sp³-hybridized carbons (Fsp3) is 0.0556. The fourth-order valence-electron chi connectivity index (χ4n) is 2.78. The topological polar surface area (TPSA) is 104 Å². The van der Waals surface area contributed by atoms with E-state index >= 15 is 0 Å². The average molecular weight is 434 g/mol. The molecule has 4 rings (SSSR count). The molecule has 0 atom stereocenters. The second-order valence-corrected chi connectivity index (χ2v) is 8.81. The predicted molar refractivity (Wildman–Crippen MR) is 110 cm³/mol. The summed E-state index contributed by atoms with van der Waals surface area (Å²) in [5.74, 6) is 0.257. The molecule has 0 aliphatic rings. The Morgan fingerprint density at radius 3 is 2.36 bits per heavy atom. The van der Waals surface area contributed by atoms with Gasteiger partial charge in [0.2, 0.25) is 15.0 Å². The number of rotatable bonds is 3. The first-order valence-corrected chi connectivity index (χ1v) is 10.7. The second-order valence-electron chi connectivity index (χ2n) is 6.09. The van der Waals surface area contributed by atoms with Gasteiger partial charge < -0.3 is 5.73 Å². The van der Waals surface area contributed by atoms with Gasteiger partial charge in [0.15, 0.2) is 5.65 Å². The number of anilines is 1. The molecular formula is C18H13Cl2N5O2S. The van der Waals surface area contributed by atoms with Gasteiger partial charge in [-0.1, -0.05) is 53.5 Å². The summed E-state index contributed by atoms with van der Waals surface area (Å²) in [5, 5.41) is 5.25. The van der Waals surface area contributed by atoms with Crippen LogP contribution >= 0.6 is 23.2 Å². The maximum atomic E-state index is 12.1. The lowest BCUT2D eigenvalue weighted by molar-refractivity contribution is 0.593. The van der Waals surface area contributed by atoms with Crippen molar-refractivity contribution >= 4 is 49.9 Å². The van der Waals surface area contributed by atoms with Gasteiger partial charge in [-0.25, -0.2) is 18.1 Å². The van der Waals surface area contributed by atoms with Crippen LogP contribution in [0.1, 0.15) is 0 Å². The normalized spacial score (nSPS) is 11.8. The lowest BCUT2D eigenvalue weighted by Crippen LogP contribution is -2.05. The highest BCUT2D eigenvalue weighted by Crippen LogP contribution is 2.33. The van der Waals surface area contributed by atoms with Gasteiger partial charge in [-0.15, -0.1) is 5.10 Å². The summed E-state index contributed by atoms with van der Waals surface area (Å²) < 4.78 is 25.6. The number of halogens is 2. The quantitative estimate of drug-likeness (QED) is 0.493. The Hall–Kier alpha value is -2.68. The zero-order valence-corrected chi connectivity index (χ0v) is 16.8. The first kappa shape index (κ1) is 18.7. The van der Waals surface area contributed by atoms with Crippen LogP contribution in [0.2, 0.25) is 10.0 Å². The minimum Gasteiger partial charge on any atom is -0.383 e. The van der Waals surface area contributed by atoms with Crippen LogP contribution in [0.5, 0.6) is 0 Å². The summed E-state index contributed by atoms with van der Waals surface area (Å²) in [5.41, 5.74) is 8.15. The maximum Gasteiger partial charge on any atom is 0.249 e. The number of nitrogen functional groups attached to an aromatic ring is 1. The largest absolute Gasteiger partial charge is 0.383 e. The average Bonchev–Trinajstić information content (AvgIpc) is 3.00. The van der Waals surface area contributed by atoms with Crippen molar-refractivity contribution in [1.82, 2.24) is 19.7 Å². The van der Waals surface area contributed by atoms with Crippen molar-refractivity contribution in [3.05, 3.63) is 58.6 Å². The van der Waals surface area contributed by atoms with E-state index in [2.05, 4.69) is 15.1 Å². The molecule has 10 heteroatoms. The standard InChI is InChI=1S/C18H13Cl2N5O2S/c1-28(26,27)18-22-15(10-5-3-2-4-6-10)14-16(21)25(24-17(14)23-18)11-7-8-12(19)13(20)9-11/h2-9H,21H2,1H3. The molecule has 0 amide bonds. The van der Waals surface area contributed by atoms with Crippen LogP contribution in [-0.4, -0.2) is 34.4 Å². The number of benzene rings is 2. The van der Waals surface area contributed by atoms with E-state index in [9.17, 15) is 8.42 Å². The van der Waals surface area contributed by atoms with E-state index < -0.39 is 9.84 Å². The van der Waals surface area contributed by atoms with E-state index in [1.165, 1.54) is 4.68 Å². The zero-order valence-electron chi connectivity index (χ0n) is 14.5. The van der Waals surface area contributed by atoms with Crippen molar-refractivity contribution < 1.29 is 8.42 Å². The number of hydrogen-bond donors (Lipinski definition) is 1. The van der Waals surface area contributed by atoms with E-state index in [4.69, 9.17) is 28.9 Å². The third-order valence-electron chi connectivity index (χ3n) is 4.08. The molecule has 0 aliphatic carbocycles. The summed E-state index contributed by atoms with van der Waals surface area (Å²) >= 11 is 12.1. The number of hydrogen-bond acceptors (Lipinski definition) is 6. The number of aromatic nitrogens is 4. The predicted octanol–water partition coefficient (Wildman–Crippen LogP) is 3.78. The van der Waals surface area contributed by atoms with Gasteiger partial charge in [-0.2, -0.15) is 4.98 Å². The smallest absolute Gasteiger partial charge is 0.249 e. The van der Waals surface area contributed by atoms with Gasteiger partial charge in [-0.3, -0.25) is 0 Å². The number of fused-ring (bicyclic) bond motifs is 1. The van der Waals surface area contributed by atoms with Gasteiger partial charge in [0.1, 0.15) is 5.82 Å². The molecule has 28 heavy (non-hydrogen) atoms. The molecule has 142 valence electrons. The number of nitrogens with two attached hydrogens (primary N) is 1. The summed E-state index contributed by atoms with van der Waals surface area (Å²) in [6, 6.07) is 14.0. The molecule has 0 fully saturated rings. The van der Waals surface area contributed by atoms with E-state index in [1.807, 2.05) is 30.3 Å². The highest BCUT2D eigenvalue weighted by atomic mass is 35.5. The molecule has 7 nitrogen and oxygen atoms in total.